The first kappa shape index (κ1) is 42.4. The van der Waals surface area contributed by atoms with Gasteiger partial charge in [-0.25, -0.2) is 0 Å². The third kappa shape index (κ3) is 26.3. The van der Waals surface area contributed by atoms with E-state index in [4.69, 9.17) is 37.9 Å². The predicted molar refractivity (Wildman–Crippen MR) is 156 cm³/mol. The summed E-state index contributed by atoms with van der Waals surface area (Å²) in [6.45, 7) is 4.57. The van der Waals surface area contributed by atoms with E-state index >= 15 is 0 Å². The van der Waals surface area contributed by atoms with Crippen LogP contribution < -0.4 is 5.32 Å². The summed E-state index contributed by atoms with van der Waals surface area (Å²) in [7, 11) is 3.23. The minimum atomic E-state index is -0.964. The van der Waals surface area contributed by atoms with Crippen molar-refractivity contribution >= 4 is 0 Å². The van der Waals surface area contributed by atoms with Crippen molar-refractivity contribution in [2.75, 3.05) is 107 Å². The van der Waals surface area contributed by atoms with E-state index in [0.29, 0.717) is 19.4 Å². The van der Waals surface area contributed by atoms with Gasteiger partial charge in [-0.05, 0) is 19.9 Å². The number of likely N-dealkylation sites (N-methyl/N-ethyl adjacent to an activating group) is 1. The van der Waals surface area contributed by atoms with Crippen LogP contribution in [0.25, 0.3) is 0 Å². The Morgan fingerprint density at radius 2 is 0.791 bits per heavy atom. The number of methoxy groups -OCH3 is 1. The number of hydrogen-bond donors (Lipinski definition) is 7. The zero-order valence-corrected chi connectivity index (χ0v) is 26.4. The topological polar surface area (TPSA) is 207 Å². The number of hydrogen-bond acceptors (Lipinski definition) is 15. The van der Waals surface area contributed by atoms with Crippen LogP contribution in [-0.4, -0.2) is 186 Å². The van der Waals surface area contributed by atoms with E-state index in [-0.39, 0.29) is 85.9 Å². The van der Waals surface area contributed by atoms with Gasteiger partial charge in [0, 0.05) is 13.7 Å². The zero-order chi connectivity index (χ0) is 32.3. The average Bonchev–Trinajstić information content (AvgIpc) is 2.97. The monoisotopic (exact) mass is 633 g/mol. The van der Waals surface area contributed by atoms with Crippen LogP contribution in [0.2, 0.25) is 0 Å². The molecule has 0 spiro atoms. The number of aliphatic hydroxyl groups is 6. The first-order valence-corrected chi connectivity index (χ1v) is 15.0. The van der Waals surface area contributed by atoms with E-state index in [1.54, 1.807) is 7.05 Å². The molecule has 0 saturated carbocycles. The van der Waals surface area contributed by atoms with E-state index < -0.39 is 48.8 Å². The zero-order valence-electron chi connectivity index (χ0n) is 26.4. The number of ether oxygens (including phenoxy) is 8. The molecular weight excluding hydrogens is 574 g/mol. The maximum Gasteiger partial charge on any atom is 0.104 e. The van der Waals surface area contributed by atoms with Crippen molar-refractivity contribution in [3.05, 3.63) is 0 Å². The molecule has 0 amide bonds. The molecule has 43 heavy (non-hydrogen) atoms. The highest BCUT2D eigenvalue weighted by Crippen LogP contribution is 2.05. The van der Waals surface area contributed by atoms with Gasteiger partial charge in [0.2, 0.25) is 0 Å². The Kier molecular flexibility index (Phi) is 28.4. The Labute approximate surface area is 256 Å². The second-order valence-electron chi connectivity index (χ2n) is 10.4. The molecule has 0 rings (SSSR count). The molecule has 0 aromatic carbocycles. The molecule has 0 bridgehead atoms. The highest BCUT2D eigenvalue weighted by molar-refractivity contribution is 4.65. The minimum absolute atomic E-state index is 0.000709. The second-order valence-corrected chi connectivity index (χ2v) is 10.4. The molecule has 8 unspecified atom stereocenters. The van der Waals surface area contributed by atoms with E-state index in [1.807, 2.05) is 13.8 Å². The molecule has 7 N–H and O–H groups in total. The van der Waals surface area contributed by atoms with Gasteiger partial charge in [-0.15, -0.1) is 0 Å². The van der Waals surface area contributed by atoms with Crippen LogP contribution in [0, 0.1) is 0 Å². The van der Waals surface area contributed by atoms with Crippen molar-refractivity contribution in [3.63, 3.8) is 0 Å². The number of aliphatic hydroxyl groups excluding tert-OH is 6. The van der Waals surface area contributed by atoms with E-state index in [0.717, 1.165) is 0 Å². The first-order valence-electron chi connectivity index (χ1n) is 15.0. The van der Waals surface area contributed by atoms with Gasteiger partial charge < -0.3 is 73.9 Å². The summed E-state index contributed by atoms with van der Waals surface area (Å²) in [4.78, 5) is 0. The van der Waals surface area contributed by atoms with Gasteiger partial charge >= 0.3 is 0 Å². The summed E-state index contributed by atoms with van der Waals surface area (Å²) in [6.07, 6.45) is -4.65. The molecule has 260 valence electrons. The molecule has 0 aliphatic carbocycles. The van der Waals surface area contributed by atoms with Crippen LogP contribution in [0.4, 0.5) is 0 Å². The molecule has 15 nitrogen and oxygen atoms in total. The van der Waals surface area contributed by atoms with Crippen molar-refractivity contribution in [2.24, 2.45) is 0 Å². The van der Waals surface area contributed by atoms with E-state index in [1.165, 1.54) is 7.11 Å². The van der Waals surface area contributed by atoms with Crippen LogP contribution in [-0.2, 0) is 37.9 Å². The molecule has 15 heteroatoms. The highest BCUT2D eigenvalue weighted by atomic mass is 16.6. The van der Waals surface area contributed by atoms with Gasteiger partial charge in [-0.1, -0.05) is 13.8 Å². The third-order valence-electron chi connectivity index (χ3n) is 5.87. The number of nitrogens with one attached hydrogen (secondary N) is 1. The molecule has 8 atom stereocenters. The molecule has 0 aliphatic rings. The van der Waals surface area contributed by atoms with Gasteiger partial charge in [-0.2, -0.15) is 0 Å². The largest absolute Gasteiger partial charge is 0.391 e. The van der Waals surface area contributed by atoms with Crippen LogP contribution in [0.15, 0.2) is 0 Å². The van der Waals surface area contributed by atoms with Gasteiger partial charge in [0.05, 0.1) is 104 Å². The second kappa shape index (κ2) is 28.8. The maximum absolute atomic E-state index is 10.3. The van der Waals surface area contributed by atoms with Crippen molar-refractivity contribution in [1.82, 2.24) is 5.32 Å². The SMILES string of the molecule is CCC(O)COCC(O)COCC(COC)OCC(COCC(O)COCC(O)CC)OCC(O)COCC(O)CNC. The van der Waals surface area contributed by atoms with Gasteiger partial charge in [-0.3, -0.25) is 0 Å². The molecule has 0 aliphatic heterocycles. The lowest BCUT2D eigenvalue weighted by atomic mass is 10.3. The molecule has 0 aromatic heterocycles. The van der Waals surface area contributed by atoms with Gasteiger partial charge in [0.25, 0.3) is 0 Å². The van der Waals surface area contributed by atoms with Crippen molar-refractivity contribution in [1.29, 1.82) is 0 Å². The summed E-state index contributed by atoms with van der Waals surface area (Å²) in [5.74, 6) is 0. The summed E-state index contributed by atoms with van der Waals surface area (Å²) in [5, 5.41) is 62.0. The standard InChI is InChI=1S/C28H59NO14/c1-5-21(30)8-37-11-24(33)13-40-18-27(17-36-4)43-20-28(19-41-14-25(34)12-38-9-22(31)6-2)42-16-26(35)15-39-10-23(32)7-29-3/h21-35H,5-20H2,1-4H3. The predicted octanol–water partition coefficient (Wildman–Crippen LogP) is -2.31. The first-order chi connectivity index (χ1) is 20.6. The van der Waals surface area contributed by atoms with E-state index in [2.05, 4.69) is 5.32 Å². The van der Waals surface area contributed by atoms with Crippen molar-refractivity contribution in [2.45, 2.75) is 75.5 Å². The van der Waals surface area contributed by atoms with Gasteiger partial charge in [0.1, 0.15) is 30.5 Å². The van der Waals surface area contributed by atoms with E-state index in [9.17, 15) is 30.6 Å². The third-order valence-corrected chi connectivity index (χ3v) is 5.87. The van der Waals surface area contributed by atoms with Crippen molar-refractivity contribution in [3.8, 4) is 0 Å². The van der Waals surface area contributed by atoms with Crippen LogP contribution in [0.5, 0.6) is 0 Å². The van der Waals surface area contributed by atoms with Crippen LogP contribution in [0.1, 0.15) is 26.7 Å². The fourth-order valence-electron chi connectivity index (χ4n) is 3.33. The van der Waals surface area contributed by atoms with Crippen LogP contribution in [0.3, 0.4) is 0 Å². The summed E-state index contributed by atoms with van der Waals surface area (Å²) < 4.78 is 44.0. The average molecular weight is 634 g/mol. The Balaban J connectivity index is 4.74. The Morgan fingerprint density at radius 3 is 1.21 bits per heavy atom. The lowest BCUT2D eigenvalue weighted by Crippen LogP contribution is -2.36. The Bertz CT molecular complexity index is 596. The van der Waals surface area contributed by atoms with Crippen LogP contribution >= 0.6 is 0 Å². The fraction of sp³-hybridized carbons (Fsp3) is 1.00. The molecule has 0 aromatic rings. The van der Waals surface area contributed by atoms with Gasteiger partial charge in [0.15, 0.2) is 0 Å². The molecule has 0 heterocycles. The molecule has 0 saturated heterocycles. The normalized spacial score (nSPS) is 17.7. The summed E-state index contributed by atoms with van der Waals surface area (Å²) in [6, 6.07) is 0. The summed E-state index contributed by atoms with van der Waals surface area (Å²) >= 11 is 0. The van der Waals surface area contributed by atoms with Crippen molar-refractivity contribution < 1.29 is 68.5 Å². The molecule has 0 radical (unpaired) electrons. The quantitative estimate of drug-likeness (QED) is 0.0415. The number of rotatable bonds is 32. The Hall–Kier alpha value is -0.600. The molecule has 0 fully saturated rings. The lowest BCUT2D eigenvalue weighted by molar-refractivity contribution is -0.131. The minimum Gasteiger partial charge on any atom is -0.391 e. The maximum atomic E-state index is 10.3. The molecular formula is C28H59NO14. The summed E-state index contributed by atoms with van der Waals surface area (Å²) in [5.41, 5.74) is 0. The lowest BCUT2D eigenvalue weighted by Gasteiger charge is -2.24. The fourth-order valence-corrected chi connectivity index (χ4v) is 3.33. The highest BCUT2D eigenvalue weighted by Gasteiger charge is 2.19. The Morgan fingerprint density at radius 1 is 0.442 bits per heavy atom. The smallest absolute Gasteiger partial charge is 0.104 e.